The van der Waals surface area contributed by atoms with Crippen LogP contribution >= 0.6 is 0 Å². The number of rotatable bonds is 1. The van der Waals surface area contributed by atoms with Crippen molar-refractivity contribution in [2.24, 2.45) is 7.05 Å². The van der Waals surface area contributed by atoms with Crippen LogP contribution in [0.4, 0.5) is 15.9 Å². The number of nitrogens with zero attached hydrogens (tertiary/aromatic N) is 3. The molecule has 3 aromatic rings. The predicted octanol–water partition coefficient (Wildman–Crippen LogP) is 3.27. The third kappa shape index (κ3) is 2.47. The fraction of sp³-hybridized carbons (Fsp3) is 0.250. The van der Waals surface area contributed by atoms with Crippen LogP contribution in [0, 0.1) is 12.7 Å². The van der Waals surface area contributed by atoms with Crippen LogP contribution < -0.4 is 11.5 Å². The van der Waals surface area contributed by atoms with E-state index >= 15 is 0 Å². The molecule has 1 aromatic carbocycles. The van der Waals surface area contributed by atoms with E-state index in [1.807, 2.05) is 27.8 Å². The van der Waals surface area contributed by atoms with Gasteiger partial charge in [-0.1, -0.05) is 19.9 Å². The maximum absolute atomic E-state index is 13.6. The van der Waals surface area contributed by atoms with Gasteiger partial charge in [-0.3, -0.25) is 4.68 Å². The van der Waals surface area contributed by atoms with Crippen molar-refractivity contribution in [1.29, 1.82) is 0 Å². The first kappa shape index (κ1) is 15.8. The Morgan fingerprint density at radius 1 is 1.18 bits per heavy atom. The summed E-state index contributed by atoms with van der Waals surface area (Å²) in [7, 11) is 1.83. The molecule has 0 atom stereocenters. The molecule has 5 nitrogen and oxygen atoms in total. The minimum atomic E-state index is -0.472. The van der Waals surface area contributed by atoms with Gasteiger partial charge in [-0.15, -0.1) is 0 Å². The molecule has 22 heavy (non-hydrogen) atoms. The Morgan fingerprint density at radius 2 is 1.86 bits per heavy atom. The van der Waals surface area contributed by atoms with E-state index in [9.17, 15) is 4.39 Å². The third-order valence-corrected chi connectivity index (χ3v) is 3.35. The summed E-state index contributed by atoms with van der Waals surface area (Å²) in [5.74, 6) is -0.0913. The van der Waals surface area contributed by atoms with Crippen molar-refractivity contribution in [3.8, 4) is 11.3 Å². The standard InChI is InChI=1S/C14H14FN5.C2H6/c1-7-6-18-14(17)11-12(19-20(2)13(7)11)8-3-4-10(16)9(15)5-8;1-2/h3-6H,16H2,1-2H3,(H2,17,18);1-2H3. The maximum atomic E-state index is 13.6. The Balaban J connectivity index is 0.000000847. The van der Waals surface area contributed by atoms with Gasteiger partial charge in [0, 0.05) is 18.8 Å². The van der Waals surface area contributed by atoms with Gasteiger partial charge in [0.1, 0.15) is 17.3 Å². The molecular weight excluding hydrogens is 281 g/mol. The summed E-state index contributed by atoms with van der Waals surface area (Å²) in [6.45, 7) is 5.93. The van der Waals surface area contributed by atoms with Crippen LogP contribution in [0.1, 0.15) is 19.4 Å². The zero-order chi connectivity index (χ0) is 16.4. The van der Waals surface area contributed by atoms with Gasteiger partial charge in [0.2, 0.25) is 0 Å². The van der Waals surface area contributed by atoms with E-state index in [4.69, 9.17) is 11.5 Å². The minimum absolute atomic E-state index is 0.108. The van der Waals surface area contributed by atoms with Crippen LogP contribution in [0.3, 0.4) is 0 Å². The zero-order valence-electron chi connectivity index (χ0n) is 13.2. The predicted molar refractivity (Wildman–Crippen MR) is 88.8 cm³/mol. The second-order valence-corrected chi connectivity index (χ2v) is 4.76. The Bertz CT molecular complexity index is 823. The molecule has 0 spiro atoms. The maximum Gasteiger partial charge on any atom is 0.146 e. The summed E-state index contributed by atoms with van der Waals surface area (Å²) in [4.78, 5) is 4.15. The van der Waals surface area contributed by atoms with Crippen LogP contribution in [-0.2, 0) is 7.05 Å². The highest BCUT2D eigenvalue weighted by atomic mass is 19.1. The molecule has 0 saturated carbocycles. The van der Waals surface area contributed by atoms with Gasteiger partial charge in [0.25, 0.3) is 0 Å². The molecule has 0 radical (unpaired) electrons. The number of aromatic nitrogens is 3. The number of aryl methyl sites for hydroxylation is 2. The quantitative estimate of drug-likeness (QED) is 0.676. The first-order chi connectivity index (χ1) is 10.5. The van der Waals surface area contributed by atoms with Gasteiger partial charge in [-0.25, -0.2) is 9.37 Å². The molecule has 2 heterocycles. The van der Waals surface area contributed by atoms with Crippen molar-refractivity contribution in [1.82, 2.24) is 14.8 Å². The summed E-state index contributed by atoms with van der Waals surface area (Å²) in [6.07, 6.45) is 1.70. The van der Waals surface area contributed by atoms with Crippen molar-refractivity contribution in [3.05, 3.63) is 35.8 Å². The van der Waals surface area contributed by atoms with E-state index in [1.54, 1.807) is 16.9 Å². The van der Waals surface area contributed by atoms with Gasteiger partial charge in [0.15, 0.2) is 0 Å². The van der Waals surface area contributed by atoms with Crippen LogP contribution in [-0.4, -0.2) is 14.8 Å². The van der Waals surface area contributed by atoms with Crippen LogP contribution in [0.15, 0.2) is 24.4 Å². The monoisotopic (exact) mass is 301 g/mol. The zero-order valence-corrected chi connectivity index (χ0v) is 13.2. The van der Waals surface area contributed by atoms with Crippen molar-refractivity contribution >= 4 is 22.4 Å². The number of halogens is 1. The van der Waals surface area contributed by atoms with Crippen molar-refractivity contribution in [3.63, 3.8) is 0 Å². The summed E-state index contributed by atoms with van der Waals surface area (Å²) in [5.41, 5.74) is 14.7. The molecule has 4 N–H and O–H groups in total. The summed E-state index contributed by atoms with van der Waals surface area (Å²) in [5, 5.41) is 5.17. The lowest BCUT2D eigenvalue weighted by molar-refractivity contribution is 0.633. The highest BCUT2D eigenvalue weighted by Gasteiger charge is 2.16. The fourth-order valence-corrected chi connectivity index (χ4v) is 2.39. The lowest BCUT2D eigenvalue weighted by Crippen LogP contribution is -1.95. The van der Waals surface area contributed by atoms with E-state index in [0.717, 1.165) is 16.5 Å². The number of nitrogens with two attached hydrogens (primary N) is 2. The molecule has 116 valence electrons. The molecule has 0 saturated heterocycles. The number of nitrogen functional groups attached to an aromatic ring is 2. The highest BCUT2D eigenvalue weighted by molar-refractivity contribution is 6.01. The summed E-state index contributed by atoms with van der Waals surface area (Å²) in [6, 6.07) is 4.60. The Kier molecular flexibility index (Phi) is 4.30. The molecule has 0 fully saturated rings. The lowest BCUT2D eigenvalue weighted by Gasteiger charge is -2.03. The molecule has 0 unspecified atom stereocenters. The second-order valence-electron chi connectivity index (χ2n) is 4.76. The van der Waals surface area contributed by atoms with Gasteiger partial charge in [-0.2, -0.15) is 5.10 Å². The van der Waals surface area contributed by atoms with E-state index < -0.39 is 5.82 Å². The average Bonchev–Trinajstić information content (AvgIpc) is 2.87. The molecule has 6 heteroatoms. The van der Waals surface area contributed by atoms with Gasteiger partial charge < -0.3 is 11.5 Å². The van der Waals surface area contributed by atoms with Crippen LogP contribution in [0.5, 0.6) is 0 Å². The fourth-order valence-electron chi connectivity index (χ4n) is 2.39. The van der Waals surface area contributed by atoms with Gasteiger partial charge in [0.05, 0.1) is 16.6 Å². The van der Waals surface area contributed by atoms with E-state index in [-0.39, 0.29) is 5.69 Å². The largest absolute Gasteiger partial charge is 0.396 e. The number of pyridine rings is 1. The molecule has 2 aromatic heterocycles. The van der Waals surface area contributed by atoms with Crippen molar-refractivity contribution < 1.29 is 4.39 Å². The topological polar surface area (TPSA) is 82.8 Å². The van der Waals surface area contributed by atoms with E-state index in [1.165, 1.54) is 12.1 Å². The van der Waals surface area contributed by atoms with E-state index in [2.05, 4.69) is 10.1 Å². The molecule has 0 amide bonds. The first-order valence-corrected chi connectivity index (χ1v) is 7.12. The molecular formula is C16H20FN5. The highest BCUT2D eigenvalue weighted by Crippen LogP contribution is 2.33. The first-order valence-electron chi connectivity index (χ1n) is 7.12. The molecule has 0 aliphatic heterocycles. The summed E-state index contributed by atoms with van der Waals surface area (Å²) >= 11 is 0. The Labute approximate surface area is 128 Å². The van der Waals surface area contributed by atoms with Gasteiger partial charge >= 0.3 is 0 Å². The normalized spacial score (nSPS) is 10.4. The van der Waals surface area contributed by atoms with Crippen molar-refractivity contribution in [2.75, 3.05) is 11.5 Å². The van der Waals surface area contributed by atoms with Crippen molar-refractivity contribution in [2.45, 2.75) is 20.8 Å². The lowest BCUT2D eigenvalue weighted by atomic mass is 10.1. The van der Waals surface area contributed by atoms with E-state index in [0.29, 0.717) is 17.1 Å². The molecule has 3 rings (SSSR count). The van der Waals surface area contributed by atoms with Gasteiger partial charge in [-0.05, 0) is 24.6 Å². The minimum Gasteiger partial charge on any atom is -0.396 e. The SMILES string of the molecule is CC.Cc1cnc(N)c2c(-c3ccc(N)c(F)c3)nn(C)c12. The third-order valence-electron chi connectivity index (χ3n) is 3.35. The number of hydrogen-bond donors (Lipinski definition) is 2. The number of anilines is 2. The Hall–Kier alpha value is -2.63. The Morgan fingerprint density at radius 3 is 2.50 bits per heavy atom. The second kappa shape index (κ2) is 6.01. The van der Waals surface area contributed by atoms with Crippen LogP contribution in [0.25, 0.3) is 22.2 Å². The molecule has 0 aliphatic carbocycles. The number of hydrogen-bond acceptors (Lipinski definition) is 4. The average molecular weight is 301 g/mol. The number of benzene rings is 1. The number of fused-ring (bicyclic) bond motifs is 1. The van der Waals surface area contributed by atoms with Crippen LogP contribution in [0.2, 0.25) is 0 Å². The summed E-state index contributed by atoms with van der Waals surface area (Å²) < 4.78 is 15.4. The molecule has 0 bridgehead atoms. The molecule has 0 aliphatic rings. The smallest absolute Gasteiger partial charge is 0.146 e.